The number of nitrogen functional groups attached to an aromatic ring is 1. The molecule has 1 heterocycles. The van der Waals surface area contributed by atoms with E-state index in [1.165, 1.54) is 0 Å². The van der Waals surface area contributed by atoms with Crippen LogP contribution in [0.3, 0.4) is 0 Å². The number of aryl methyl sites for hydroxylation is 1. The Morgan fingerprint density at radius 1 is 1.46 bits per heavy atom. The summed E-state index contributed by atoms with van der Waals surface area (Å²) in [7, 11) is -2.27. The number of nitrogens with zero attached hydrogens (tertiary/aromatic N) is 1. The van der Waals surface area contributed by atoms with Gasteiger partial charge in [-0.2, -0.15) is 0 Å². The summed E-state index contributed by atoms with van der Waals surface area (Å²) in [6.07, 6.45) is 0.858. The van der Waals surface area contributed by atoms with Gasteiger partial charge in [-0.15, -0.1) is 0 Å². The van der Waals surface area contributed by atoms with Crippen LogP contribution >= 0.6 is 7.14 Å². The van der Waals surface area contributed by atoms with Gasteiger partial charge >= 0.3 is 0 Å². The third-order valence-electron chi connectivity index (χ3n) is 1.93. The van der Waals surface area contributed by atoms with Crippen molar-refractivity contribution in [2.45, 2.75) is 13.3 Å². The summed E-state index contributed by atoms with van der Waals surface area (Å²) in [6, 6.07) is 3.70. The molecule has 0 bridgehead atoms. The zero-order valence-electron chi connectivity index (χ0n) is 8.24. The van der Waals surface area contributed by atoms with Crippen LogP contribution in [0.5, 0.6) is 0 Å². The summed E-state index contributed by atoms with van der Waals surface area (Å²) in [5.74, 6) is 0.504. The Labute approximate surface area is 78.7 Å². The van der Waals surface area contributed by atoms with E-state index < -0.39 is 7.14 Å². The fourth-order valence-electron chi connectivity index (χ4n) is 1.09. The van der Waals surface area contributed by atoms with Gasteiger partial charge in [-0.3, -0.25) is 0 Å². The maximum Gasteiger partial charge on any atom is 0.127 e. The van der Waals surface area contributed by atoms with E-state index in [-0.39, 0.29) is 0 Å². The summed E-state index contributed by atoms with van der Waals surface area (Å²) in [5, 5.41) is 0. The molecule has 1 rings (SSSR count). The van der Waals surface area contributed by atoms with E-state index in [9.17, 15) is 4.57 Å². The number of aromatic nitrogens is 1. The molecular weight excluding hydrogens is 183 g/mol. The minimum atomic E-state index is -2.27. The van der Waals surface area contributed by atoms with E-state index in [2.05, 4.69) is 4.98 Å². The van der Waals surface area contributed by atoms with Crippen molar-refractivity contribution >= 4 is 18.4 Å². The van der Waals surface area contributed by atoms with Crippen LogP contribution in [0.4, 0.5) is 5.82 Å². The summed E-state index contributed by atoms with van der Waals surface area (Å²) in [6.45, 7) is 5.41. The van der Waals surface area contributed by atoms with Crippen LogP contribution in [0.15, 0.2) is 12.1 Å². The van der Waals surface area contributed by atoms with Crippen molar-refractivity contribution in [3.8, 4) is 0 Å². The van der Waals surface area contributed by atoms with Gasteiger partial charge in [0.15, 0.2) is 0 Å². The van der Waals surface area contributed by atoms with Crippen LogP contribution in [0, 0.1) is 0 Å². The van der Waals surface area contributed by atoms with Crippen molar-refractivity contribution < 1.29 is 4.57 Å². The number of pyridine rings is 1. The van der Waals surface area contributed by atoms with Gasteiger partial charge in [0.1, 0.15) is 18.4 Å². The van der Waals surface area contributed by atoms with E-state index in [1.807, 2.05) is 13.0 Å². The molecule has 1 aromatic rings. The second-order valence-electron chi connectivity index (χ2n) is 3.42. The predicted octanol–water partition coefficient (Wildman–Crippen LogP) is 1.47. The molecule has 3 nitrogen and oxygen atoms in total. The van der Waals surface area contributed by atoms with Gasteiger partial charge in [0.2, 0.25) is 0 Å². The topological polar surface area (TPSA) is 56.0 Å². The smallest absolute Gasteiger partial charge is 0.127 e. The third-order valence-corrected chi connectivity index (χ3v) is 3.28. The zero-order valence-corrected chi connectivity index (χ0v) is 9.14. The van der Waals surface area contributed by atoms with E-state index in [4.69, 9.17) is 5.73 Å². The molecule has 4 heteroatoms. The molecule has 0 aromatic carbocycles. The Morgan fingerprint density at radius 2 is 2.08 bits per heavy atom. The van der Waals surface area contributed by atoms with Gasteiger partial charge in [0.05, 0.1) is 0 Å². The number of nitrogens with two attached hydrogens (primary N) is 1. The van der Waals surface area contributed by atoms with Gasteiger partial charge < -0.3 is 10.3 Å². The second-order valence-corrected chi connectivity index (χ2v) is 6.58. The van der Waals surface area contributed by atoms with Crippen LogP contribution in [-0.4, -0.2) is 18.3 Å². The molecule has 0 saturated carbocycles. The van der Waals surface area contributed by atoms with Crippen molar-refractivity contribution in [3.63, 3.8) is 0 Å². The second kappa shape index (κ2) is 3.51. The quantitative estimate of drug-likeness (QED) is 0.732. The van der Waals surface area contributed by atoms with Gasteiger partial charge in [-0.05, 0) is 31.4 Å². The van der Waals surface area contributed by atoms with Crippen molar-refractivity contribution in [1.29, 1.82) is 0 Å². The first-order valence-electron chi connectivity index (χ1n) is 4.26. The Morgan fingerprint density at radius 3 is 2.46 bits per heavy atom. The lowest BCUT2D eigenvalue weighted by Gasteiger charge is -2.08. The number of hydrogen-bond acceptors (Lipinski definition) is 3. The molecule has 2 N–H and O–H groups in total. The average Bonchev–Trinajstić information content (AvgIpc) is 2.02. The lowest BCUT2D eigenvalue weighted by Crippen LogP contribution is -2.12. The van der Waals surface area contributed by atoms with Gasteiger partial charge in [-0.1, -0.05) is 13.0 Å². The molecule has 72 valence electrons. The first-order chi connectivity index (χ1) is 5.95. The largest absolute Gasteiger partial charge is 0.383 e. The monoisotopic (exact) mass is 198 g/mol. The normalized spacial score (nSPS) is 11.6. The molecule has 0 atom stereocenters. The van der Waals surface area contributed by atoms with Crippen LogP contribution in [0.1, 0.15) is 12.5 Å². The molecule has 0 saturated heterocycles. The van der Waals surface area contributed by atoms with Crippen molar-refractivity contribution in [2.24, 2.45) is 0 Å². The van der Waals surface area contributed by atoms with Crippen LogP contribution in [0.25, 0.3) is 0 Å². The maximum atomic E-state index is 11.6. The highest BCUT2D eigenvalue weighted by atomic mass is 31.2. The molecule has 0 radical (unpaired) electrons. The van der Waals surface area contributed by atoms with Crippen LogP contribution in [-0.2, 0) is 11.0 Å². The molecule has 0 aliphatic rings. The molecule has 0 fully saturated rings. The summed E-state index contributed by atoms with van der Waals surface area (Å²) >= 11 is 0. The standard InChI is InChI=1S/C9H15N2OP/c1-4-7-5-6-8(11-9(7)10)13(2,3)12/h5-6H,4H2,1-3H3,(H2,10,11). The van der Waals surface area contributed by atoms with Crippen molar-refractivity contribution in [2.75, 3.05) is 19.1 Å². The van der Waals surface area contributed by atoms with Crippen LogP contribution in [0.2, 0.25) is 0 Å². The molecule has 1 aromatic heterocycles. The summed E-state index contributed by atoms with van der Waals surface area (Å²) in [4.78, 5) is 4.13. The number of hydrogen-bond donors (Lipinski definition) is 1. The minimum Gasteiger partial charge on any atom is -0.383 e. The van der Waals surface area contributed by atoms with Crippen molar-refractivity contribution in [1.82, 2.24) is 4.98 Å². The Kier molecular flexibility index (Phi) is 2.77. The molecule has 0 aliphatic heterocycles. The highest BCUT2D eigenvalue weighted by Gasteiger charge is 2.13. The van der Waals surface area contributed by atoms with Crippen molar-refractivity contribution in [3.05, 3.63) is 17.7 Å². The first kappa shape index (κ1) is 10.3. The Balaban J connectivity index is 3.18. The van der Waals surface area contributed by atoms with E-state index >= 15 is 0 Å². The van der Waals surface area contributed by atoms with Gasteiger partial charge in [0.25, 0.3) is 0 Å². The molecular formula is C9H15N2OP. The van der Waals surface area contributed by atoms with Gasteiger partial charge in [-0.25, -0.2) is 4.98 Å². The number of anilines is 1. The van der Waals surface area contributed by atoms with E-state index in [0.717, 1.165) is 12.0 Å². The van der Waals surface area contributed by atoms with Gasteiger partial charge in [0, 0.05) is 0 Å². The molecule has 0 amide bonds. The molecule has 0 unspecified atom stereocenters. The third kappa shape index (κ3) is 2.31. The number of rotatable bonds is 2. The fraction of sp³-hybridized carbons (Fsp3) is 0.444. The Hall–Kier alpha value is -0.820. The molecule has 0 aliphatic carbocycles. The summed E-state index contributed by atoms with van der Waals surface area (Å²) < 4.78 is 11.6. The minimum absolute atomic E-state index is 0.504. The van der Waals surface area contributed by atoms with E-state index in [0.29, 0.717) is 11.3 Å². The predicted molar refractivity (Wildman–Crippen MR) is 57.1 cm³/mol. The fourth-order valence-corrected chi connectivity index (χ4v) is 1.87. The lowest BCUT2D eigenvalue weighted by molar-refractivity contribution is 0.588. The first-order valence-corrected chi connectivity index (χ1v) is 6.86. The molecule has 13 heavy (non-hydrogen) atoms. The summed E-state index contributed by atoms with van der Waals surface area (Å²) in [5.41, 5.74) is 7.32. The maximum absolute atomic E-state index is 11.6. The highest BCUT2D eigenvalue weighted by Crippen LogP contribution is 2.33. The Bertz CT molecular complexity index is 357. The zero-order chi connectivity index (χ0) is 10.1. The average molecular weight is 198 g/mol. The lowest BCUT2D eigenvalue weighted by atomic mass is 10.2. The highest BCUT2D eigenvalue weighted by molar-refractivity contribution is 7.69. The van der Waals surface area contributed by atoms with Crippen LogP contribution < -0.4 is 11.2 Å². The molecule has 0 spiro atoms. The van der Waals surface area contributed by atoms with E-state index in [1.54, 1.807) is 19.4 Å². The SMILES string of the molecule is CCc1ccc(P(C)(C)=O)nc1N.